The first-order valence-corrected chi connectivity index (χ1v) is 24.9. The molecule has 8 atom stereocenters. The van der Waals surface area contributed by atoms with E-state index in [0.29, 0.717) is 11.1 Å². The number of nitrogens with two attached hydrogens (primary N) is 4. The van der Waals surface area contributed by atoms with Crippen LogP contribution in [0.1, 0.15) is 84.8 Å². The second-order valence-electron chi connectivity index (χ2n) is 19.2. The molecule has 19 N–H and O–H groups in total. The minimum absolute atomic E-state index is 0.00293. The molecule has 2 rings (SSSR count). The number of carboxylic acids is 1. The summed E-state index contributed by atoms with van der Waals surface area (Å²) in [6, 6.07) is 3.87. The monoisotopic (exact) mass is 1080 g/mol. The Kier molecular flexibility index (Phi) is 27.6. The van der Waals surface area contributed by atoms with Gasteiger partial charge in [-0.05, 0) is 74.6 Å². The number of benzene rings is 2. The average Bonchev–Trinajstić information content (AvgIpc) is 3.34. The van der Waals surface area contributed by atoms with Gasteiger partial charge in [0, 0.05) is 19.4 Å². The lowest BCUT2D eigenvalue weighted by molar-refractivity contribution is -0.141. The van der Waals surface area contributed by atoms with Gasteiger partial charge in [0.05, 0.1) is 25.6 Å². The number of phenolic OH excluding ortho intramolecular Hbond substituents is 1. The molecular weight excluding hydrogens is 1000 g/mol. The third-order valence-electron chi connectivity index (χ3n) is 11.3. The summed E-state index contributed by atoms with van der Waals surface area (Å²) in [5.74, 6) is -10.4. The Hall–Kier alpha value is -8.36. The van der Waals surface area contributed by atoms with Crippen LogP contribution in [0.3, 0.4) is 0 Å². The number of hydrogen-bond donors (Lipinski definition) is 15. The number of aliphatic carboxylic acids is 1. The van der Waals surface area contributed by atoms with Gasteiger partial charge in [-0.2, -0.15) is 0 Å². The highest BCUT2D eigenvalue weighted by atomic mass is 16.4. The summed E-state index contributed by atoms with van der Waals surface area (Å²) >= 11 is 0. The molecule has 0 bridgehead atoms. The Bertz CT molecular complexity index is 2380. The maximum Gasteiger partial charge on any atom is 0.305 e. The second-order valence-corrected chi connectivity index (χ2v) is 19.2. The van der Waals surface area contributed by atoms with Gasteiger partial charge in [0.15, 0.2) is 5.96 Å². The Labute approximate surface area is 446 Å². The number of primary amides is 1. The zero-order chi connectivity index (χ0) is 57.9. The van der Waals surface area contributed by atoms with Crippen molar-refractivity contribution in [2.45, 2.75) is 135 Å². The molecule has 27 heteroatoms. The number of rotatable bonds is 33. The summed E-state index contributed by atoms with van der Waals surface area (Å²) in [7, 11) is 0. The number of carbonyl (C=O) groups is 11. The summed E-state index contributed by atoms with van der Waals surface area (Å²) in [6.07, 6.45) is -0.782. The number of nitrogens with one attached hydrogen (secondary N) is 9. The summed E-state index contributed by atoms with van der Waals surface area (Å²) < 4.78 is 0. The molecule has 2 aromatic rings. The third kappa shape index (κ3) is 25.6. The van der Waals surface area contributed by atoms with E-state index in [0.717, 1.165) is 0 Å². The van der Waals surface area contributed by atoms with Crippen LogP contribution in [0.25, 0.3) is 0 Å². The number of aromatic hydroxyl groups is 1. The molecule has 0 radical (unpaired) electrons. The van der Waals surface area contributed by atoms with E-state index in [1.54, 1.807) is 44.2 Å². The van der Waals surface area contributed by atoms with Crippen LogP contribution in [0.4, 0.5) is 0 Å². The largest absolute Gasteiger partial charge is 0.508 e. The van der Waals surface area contributed by atoms with Gasteiger partial charge in [-0.15, -0.1) is 0 Å². The molecule has 77 heavy (non-hydrogen) atoms. The fraction of sp³-hybridized carbons (Fsp3) is 0.520. The van der Waals surface area contributed by atoms with Crippen molar-refractivity contribution in [2.24, 2.45) is 39.8 Å². The van der Waals surface area contributed by atoms with Gasteiger partial charge in [-0.25, -0.2) is 0 Å². The predicted molar refractivity (Wildman–Crippen MR) is 281 cm³/mol. The summed E-state index contributed by atoms with van der Waals surface area (Å²) in [5, 5.41) is 41.6. The molecule has 0 unspecified atom stereocenters. The lowest BCUT2D eigenvalue weighted by Gasteiger charge is -2.27. The number of amides is 10. The van der Waals surface area contributed by atoms with Crippen LogP contribution < -0.4 is 70.8 Å². The topological polar surface area (TPSA) is 453 Å². The fourth-order valence-electron chi connectivity index (χ4n) is 7.31. The number of carbonyl (C=O) groups excluding carboxylic acids is 10. The van der Waals surface area contributed by atoms with Crippen molar-refractivity contribution in [1.82, 2.24) is 47.9 Å². The van der Waals surface area contributed by atoms with E-state index in [1.807, 2.05) is 13.8 Å². The van der Waals surface area contributed by atoms with Gasteiger partial charge in [0.2, 0.25) is 59.1 Å². The maximum atomic E-state index is 14.3. The van der Waals surface area contributed by atoms with Gasteiger partial charge < -0.3 is 81.0 Å². The van der Waals surface area contributed by atoms with E-state index in [2.05, 4.69) is 52.8 Å². The van der Waals surface area contributed by atoms with Gasteiger partial charge in [-0.3, -0.25) is 57.7 Å². The third-order valence-corrected chi connectivity index (χ3v) is 11.3. The fourth-order valence-corrected chi connectivity index (χ4v) is 7.31. The van der Waals surface area contributed by atoms with E-state index in [1.165, 1.54) is 38.1 Å². The zero-order valence-electron chi connectivity index (χ0n) is 44.2. The second kappa shape index (κ2) is 32.8. The minimum atomic E-state index is -1.60. The van der Waals surface area contributed by atoms with Crippen molar-refractivity contribution in [3.8, 4) is 5.75 Å². The first-order chi connectivity index (χ1) is 36.1. The molecule has 0 heterocycles. The van der Waals surface area contributed by atoms with E-state index < -0.39 is 133 Å². The molecule has 424 valence electrons. The predicted octanol–water partition coefficient (Wildman–Crippen LogP) is -3.72. The van der Waals surface area contributed by atoms with Crippen LogP contribution in [0, 0.1) is 11.8 Å². The van der Waals surface area contributed by atoms with E-state index in [-0.39, 0.29) is 68.6 Å². The van der Waals surface area contributed by atoms with Crippen molar-refractivity contribution < 1.29 is 63.0 Å². The maximum absolute atomic E-state index is 14.3. The zero-order valence-corrected chi connectivity index (χ0v) is 44.2. The molecule has 0 aliphatic rings. The SMILES string of the molecule is CC(C)C[C@H](NC(=O)CNC(=O)[C@H](Cc1ccccc1)NC(=O)[C@H](C)NC(=O)[C@H](Cc1ccc(O)cc1)NC(=O)[C@H](CC(C)C)NC(=O)[C@H](CCCN=C(N)N)NC(=O)CNC(=O)[C@H](CC(=O)O)NC(=O)[C@H](C)N)C(N)=O. The average molecular weight is 1080 g/mol. The Balaban J connectivity index is 2.37. The van der Waals surface area contributed by atoms with Crippen LogP contribution in [-0.4, -0.2) is 149 Å². The highest BCUT2D eigenvalue weighted by Gasteiger charge is 2.33. The molecule has 27 nitrogen and oxygen atoms in total. The quantitative estimate of drug-likeness (QED) is 0.0186. The Morgan fingerprint density at radius 2 is 0.974 bits per heavy atom. The van der Waals surface area contributed by atoms with Gasteiger partial charge in [0.25, 0.3) is 0 Å². The number of aliphatic imine (C=N–C) groups is 1. The van der Waals surface area contributed by atoms with Crippen molar-refractivity contribution in [2.75, 3.05) is 19.6 Å². The highest BCUT2D eigenvalue weighted by molar-refractivity contribution is 5.98. The van der Waals surface area contributed by atoms with Crippen LogP contribution in [-0.2, 0) is 65.6 Å². The Morgan fingerprint density at radius 3 is 1.49 bits per heavy atom. The van der Waals surface area contributed by atoms with Crippen LogP contribution in [0.2, 0.25) is 0 Å². The lowest BCUT2D eigenvalue weighted by atomic mass is 10.00. The lowest BCUT2D eigenvalue weighted by Crippen LogP contribution is -2.59. The molecule has 0 aliphatic carbocycles. The van der Waals surface area contributed by atoms with Crippen molar-refractivity contribution in [3.05, 3.63) is 65.7 Å². The van der Waals surface area contributed by atoms with E-state index >= 15 is 0 Å². The number of nitrogens with zero attached hydrogens (tertiary/aromatic N) is 1. The van der Waals surface area contributed by atoms with Crippen LogP contribution in [0.5, 0.6) is 5.75 Å². The Morgan fingerprint density at radius 1 is 0.519 bits per heavy atom. The molecular formula is C50H76N14O13. The molecule has 0 fully saturated rings. The van der Waals surface area contributed by atoms with Gasteiger partial charge >= 0.3 is 5.97 Å². The normalized spacial score (nSPS) is 14.0. The van der Waals surface area contributed by atoms with Gasteiger partial charge in [-0.1, -0.05) is 70.2 Å². The minimum Gasteiger partial charge on any atom is -0.508 e. The van der Waals surface area contributed by atoms with E-state index in [9.17, 15) is 63.0 Å². The number of hydrogen-bond acceptors (Lipinski definition) is 14. The summed E-state index contributed by atoms with van der Waals surface area (Å²) in [5.41, 5.74) is 23.0. The first-order valence-electron chi connectivity index (χ1n) is 24.9. The number of phenols is 1. The van der Waals surface area contributed by atoms with Crippen molar-refractivity contribution >= 4 is 71.0 Å². The van der Waals surface area contributed by atoms with Crippen molar-refractivity contribution in [1.29, 1.82) is 0 Å². The molecule has 0 saturated carbocycles. The molecule has 0 spiro atoms. The van der Waals surface area contributed by atoms with E-state index in [4.69, 9.17) is 22.9 Å². The van der Waals surface area contributed by atoms with Crippen molar-refractivity contribution in [3.63, 3.8) is 0 Å². The number of guanidine groups is 1. The standard InChI is InChI=1S/C50H76N14O13/c1-26(2)19-34(42(52)70)60-40(67)25-56-45(73)36(21-30-11-8-7-9-12-30)62-44(72)29(6)58-48(76)37(22-31-14-16-32(65)17-15-31)64-49(77)35(20-27(3)4)63-47(75)33(13-10-18-55-50(53)54)59-39(66)24-57-46(74)38(23-41(68)69)61-43(71)28(5)51/h7-9,11-12,14-17,26-29,33-38,65H,10,13,18-25,51H2,1-6H3,(H2,52,70)(H,56,73)(H,57,74)(H,58,76)(H,59,66)(H,60,67)(H,61,71)(H,62,72)(H,63,75)(H,64,77)(H,68,69)(H4,53,54,55)/t28-,29-,33-,34-,35-,36-,37-,38-/m0/s1. The number of carboxylic acid groups (broad SMARTS) is 1. The highest BCUT2D eigenvalue weighted by Crippen LogP contribution is 2.14. The summed E-state index contributed by atoms with van der Waals surface area (Å²) in [6.45, 7) is 8.52. The molecule has 0 aliphatic heterocycles. The first kappa shape index (κ1) is 64.8. The summed E-state index contributed by atoms with van der Waals surface area (Å²) in [4.78, 5) is 148. The smallest absolute Gasteiger partial charge is 0.305 e. The van der Waals surface area contributed by atoms with Crippen LogP contribution in [0.15, 0.2) is 59.6 Å². The van der Waals surface area contributed by atoms with Gasteiger partial charge in [0.1, 0.15) is 48.0 Å². The molecule has 2 aromatic carbocycles. The van der Waals surface area contributed by atoms with Crippen LogP contribution >= 0.6 is 0 Å². The molecule has 0 saturated heterocycles. The molecule has 10 amide bonds. The molecule has 0 aromatic heterocycles.